The molecule has 1 aromatic carbocycles. The minimum Gasteiger partial charge on any atom is -0.475 e. The van der Waals surface area contributed by atoms with E-state index in [-0.39, 0.29) is 17.8 Å². The van der Waals surface area contributed by atoms with E-state index in [0.29, 0.717) is 12.0 Å². The summed E-state index contributed by atoms with van der Waals surface area (Å²) in [5.41, 5.74) is 1.94. The Balaban J connectivity index is 0.000000307. The first kappa shape index (κ1) is 22.3. The Bertz CT molecular complexity index is 985. The Morgan fingerprint density at radius 2 is 1.69 bits per heavy atom. The summed E-state index contributed by atoms with van der Waals surface area (Å²) in [6.07, 6.45) is -0.538. The zero-order valence-electron chi connectivity index (χ0n) is 17.1. The Morgan fingerprint density at radius 1 is 1.06 bits per heavy atom. The molecule has 2 unspecified atom stereocenters. The summed E-state index contributed by atoms with van der Waals surface area (Å²) in [5, 5.41) is 7.12. The number of carboxylic acids is 1. The fourth-order valence-electron chi connectivity index (χ4n) is 4.36. The van der Waals surface area contributed by atoms with E-state index in [2.05, 4.69) is 14.4 Å². The van der Waals surface area contributed by atoms with Crippen molar-refractivity contribution in [1.29, 1.82) is 0 Å². The van der Waals surface area contributed by atoms with Crippen LogP contribution >= 0.6 is 0 Å². The van der Waals surface area contributed by atoms with Crippen molar-refractivity contribution in [1.82, 2.24) is 14.4 Å². The predicted molar refractivity (Wildman–Crippen MR) is 106 cm³/mol. The molecule has 1 N–H and O–H groups in total. The second kappa shape index (κ2) is 8.57. The number of fused-ring (bicyclic) bond motifs is 3. The van der Waals surface area contributed by atoms with Gasteiger partial charge in [0.25, 0.3) is 5.91 Å². The van der Waals surface area contributed by atoms with Gasteiger partial charge >= 0.3 is 12.1 Å². The summed E-state index contributed by atoms with van der Waals surface area (Å²) in [4.78, 5) is 26.3. The number of aromatic nitrogens is 1. The maximum absolute atomic E-state index is 13.1. The minimum absolute atomic E-state index is 0.182. The number of carbonyl (C=O) groups excluding carboxylic acids is 1. The van der Waals surface area contributed by atoms with Gasteiger partial charge in [-0.2, -0.15) is 13.2 Å². The van der Waals surface area contributed by atoms with Crippen molar-refractivity contribution in [2.45, 2.75) is 37.6 Å². The van der Waals surface area contributed by atoms with Crippen molar-refractivity contribution in [3.8, 4) is 0 Å². The molecule has 1 aliphatic carbocycles. The van der Waals surface area contributed by atoms with Crippen LogP contribution in [0.3, 0.4) is 0 Å². The number of benzene rings is 1. The molecule has 0 spiro atoms. The summed E-state index contributed by atoms with van der Waals surface area (Å²) >= 11 is 0. The van der Waals surface area contributed by atoms with E-state index >= 15 is 0 Å². The molecular weight excluding hydrogens is 430 g/mol. The van der Waals surface area contributed by atoms with Crippen molar-refractivity contribution in [3.05, 3.63) is 59.7 Å². The topological polar surface area (TPSA) is 65.8 Å². The second-order valence-corrected chi connectivity index (χ2v) is 8.46. The molecular formula is C22H23F4N3O3. The first-order valence-electron chi connectivity index (χ1n) is 10.4. The SMILES string of the molecule is O=C(O)C(F)(F)F.O=C1c2cccn2C2CN(Cc3ccc(F)cc3)CC2N1CC1CC1. The lowest BCUT2D eigenvalue weighted by Gasteiger charge is -2.38. The van der Waals surface area contributed by atoms with Gasteiger partial charge in [0.1, 0.15) is 11.5 Å². The highest BCUT2D eigenvalue weighted by atomic mass is 19.4. The van der Waals surface area contributed by atoms with Crippen molar-refractivity contribution in [2.75, 3.05) is 19.6 Å². The third kappa shape index (κ3) is 4.79. The molecule has 1 saturated heterocycles. The predicted octanol–water partition coefficient (Wildman–Crippen LogP) is 3.55. The van der Waals surface area contributed by atoms with Gasteiger partial charge in [0.15, 0.2) is 0 Å². The van der Waals surface area contributed by atoms with Gasteiger partial charge in [0.05, 0.1) is 12.1 Å². The van der Waals surface area contributed by atoms with Crippen LogP contribution < -0.4 is 0 Å². The minimum atomic E-state index is -5.08. The number of carboxylic acid groups (broad SMARTS) is 1. The van der Waals surface area contributed by atoms with E-state index in [1.165, 1.54) is 25.0 Å². The molecule has 172 valence electrons. The van der Waals surface area contributed by atoms with E-state index in [9.17, 15) is 22.4 Å². The summed E-state index contributed by atoms with van der Waals surface area (Å²) in [6.45, 7) is 3.52. The van der Waals surface area contributed by atoms with Crippen molar-refractivity contribution in [3.63, 3.8) is 0 Å². The summed E-state index contributed by atoms with van der Waals surface area (Å²) in [5.74, 6) is -2.08. The molecule has 1 saturated carbocycles. The zero-order chi connectivity index (χ0) is 23.0. The Morgan fingerprint density at radius 3 is 2.28 bits per heavy atom. The lowest BCUT2D eigenvalue weighted by Crippen LogP contribution is -2.51. The number of aliphatic carboxylic acids is 1. The fourth-order valence-corrected chi connectivity index (χ4v) is 4.36. The van der Waals surface area contributed by atoms with Gasteiger partial charge in [0, 0.05) is 32.4 Å². The van der Waals surface area contributed by atoms with E-state index < -0.39 is 12.1 Å². The van der Waals surface area contributed by atoms with Gasteiger partial charge in [-0.1, -0.05) is 12.1 Å². The van der Waals surface area contributed by atoms with E-state index in [1.807, 2.05) is 30.5 Å². The molecule has 0 radical (unpaired) electrons. The highest BCUT2D eigenvalue weighted by Gasteiger charge is 2.46. The van der Waals surface area contributed by atoms with Gasteiger partial charge in [-0.15, -0.1) is 0 Å². The molecule has 2 atom stereocenters. The van der Waals surface area contributed by atoms with E-state index in [0.717, 1.165) is 37.4 Å². The molecule has 1 amide bonds. The van der Waals surface area contributed by atoms with Crippen LogP contribution in [0.15, 0.2) is 42.6 Å². The number of carbonyl (C=O) groups is 2. The number of alkyl halides is 3. The van der Waals surface area contributed by atoms with Gasteiger partial charge in [-0.3, -0.25) is 9.69 Å². The van der Waals surface area contributed by atoms with Crippen molar-refractivity contribution < 1.29 is 32.3 Å². The van der Waals surface area contributed by atoms with Crippen LogP contribution in [-0.2, 0) is 11.3 Å². The number of hydrogen-bond acceptors (Lipinski definition) is 3. The molecule has 2 aromatic rings. The molecule has 0 bridgehead atoms. The van der Waals surface area contributed by atoms with Crippen LogP contribution in [0.25, 0.3) is 0 Å². The summed E-state index contributed by atoms with van der Waals surface area (Å²) in [7, 11) is 0. The second-order valence-electron chi connectivity index (χ2n) is 8.46. The third-order valence-corrected chi connectivity index (χ3v) is 6.06. The normalized spacial score (nSPS) is 22.8. The van der Waals surface area contributed by atoms with Gasteiger partial charge in [-0.25, -0.2) is 9.18 Å². The monoisotopic (exact) mass is 453 g/mol. The average molecular weight is 453 g/mol. The average Bonchev–Trinajstić information content (AvgIpc) is 3.23. The maximum Gasteiger partial charge on any atom is 0.490 e. The first-order valence-corrected chi connectivity index (χ1v) is 10.4. The smallest absolute Gasteiger partial charge is 0.475 e. The van der Waals surface area contributed by atoms with Crippen LogP contribution in [0, 0.1) is 11.7 Å². The standard InChI is InChI=1S/C20H22FN3O.C2HF3O2/c21-16-7-5-14(6-8-16)10-22-12-18-19(13-22)24(11-15-3-4-15)20(25)17-2-1-9-23(17)18;3-2(4,5)1(6)7/h1-2,5-9,15,18-19H,3-4,10-13H2;(H,6,7). The number of likely N-dealkylation sites (tertiary alicyclic amines) is 1. The molecule has 2 aliphatic heterocycles. The Hall–Kier alpha value is -2.88. The molecule has 5 rings (SSSR count). The quantitative estimate of drug-likeness (QED) is 0.720. The number of amides is 1. The van der Waals surface area contributed by atoms with Crippen LogP contribution in [0.4, 0.5) is 17.6 Å². The summed E-state index contributed by atoms with van der Waals surface area (Å²) in [6, 6.07) is 11.2. The van der Waals surface area contributed by atoms with Crippen LogP contribution in [-0.4, -0.2) is 63.2 Å². The number of halogens is 4. The lowest BCUT2D eigenvalue weighted by atomic mass is 10.1. The number of nitrogens with zero attached hydrogens (tertiary/aromatic N) is 3. The Kier molecular flexibility index (Phi) is 5.98. The van der Waals surface area contributed by atoms with Crippen LogP contribution in [0.5, 0.6) is 0 Å². The first-order chi connectivity index (χ1) is 15.1. The molecule has 3 aliphatic rings. The van der Waals surface area contributed by atoms with Crippen molar-refractivity contribution in [2.24, 2.45) is 5.92 Å². The lowest BCUT2D eigenvalue weighted by molar-refractivity contribution is -0.192. The van der Waals surface area contributed by atoms with Crippen LogP contribution in [0.2, 0.25) is 0 Å². The largest absolute Gasteiger partial charge is 0.490 e. The Labute approximate surface area is 182 Å². The van der Waals surface area contributed by atoms with E-state index in [4.69, 9.17) is 9.90 Å². The maximum atomic E-state index is 13.1. The number of hydrogen-bond donors (Lipinski definition) is 1. The zero-order valence-corrected chi connectivity index (χ0v) is 17.1. The van der Waals surface area contributed by atoms with E-state index in [1.54, 1.807) is 0 Å². The van der Waals surface area contributed by atoms with Crippen LogP contribution in [0.1, 0.15) is 34.9 Å². The number of rotatable bonds is 4. The molecule has 10 heteroatoms. The molecule has 6 nitrogen and oxygen atoms in total. The summed E-state index contributed by atoms with van der Waals surface area (Å²) < 4.78 is 47.0. The van der Waals surface area contributed by atoms with Gasteiger partial charge < -0.3 is 14.6 Å². The molecule has 2 fully saturated rings. The van der Waals surface area contributed by atoms with Gasteiger partial charge in [0.2, 0.25) is 0 Å². The molecule has 32 heavy (non-hydrogen) atoms. The molecule has 3 heterocycles. The van der Waals surface area contributed by atoms with Crippen molar-refractivity contribution >= 4 is 11.9 Å². The third-order valence-electron chi connectivity index (χ3n) is 6.06. The fraction of sp³-hybridized carbons (Fsp3) is 0.455. The highest BCUT2D eigenvalue weighted by molar-refractivity contribution is 5.94. The highest BCUT2D eigenvalue weighted by Crippen LogP contribution is 2.38. The van der Waals surface area contributed by atoms with Gasteiger partial charge in [-0.05, 0) is 48.6 Å². The molecule has 1 aromatic heterocycles.